The molecule has 0 aliphatic heterocycles. The fraction of sp³-hybridized carbons (Fsp3) is 0.962. The van der Waals surface area contributed by atoms with Crippen molar-refractivity contribution in [1.82, 2.24) is 0 Å². The van der Waals surface area contributed by atoms with Crippen molar-refractivity contribution in [2.24, 2.45) is 10.8 Å². The molecule has 0 aromatic heterocycles. The summed E-state index contributed by atoms with van der Waals surface area (Å²) in [5, 5.41) is 10.1. The molecule has 0 heterocycles. The van der Waals surface area contributed by atoms with E-state index >= 15 is 0 Å². The Morgan fingerprint density at radius 1 is 0.571 bits per heavy atom. The van der Waals surface area contributed by atoms with Crippen LogP contribution >= 0.6 is 0 Å². The normalized spacial score (nSPS) is 14.2. The molecule has 0 fully saturated rings. The van der Waals surface area contributed by atoms with Gasteiger partial charge in [0.25, 0.3) is 0 Å². The standard InChI is InChI=1S/C26H52O2/c1-6-8-10-12-13-14-15-17-22-26(24(27)28,21-16-11-9-7-2)23-19-18-20-25(3,4)5/h6-23H2,1-5H3,(H,27,28). The van der Waals surface area contributed by atoms with Crippen molar-refractivity contribution in [3.05, 3.63) is 0 Å². The summed E-state index contributed by atoms with van der Waals surface area (Å²) in [6.45, 7) is 11.3. The van der Waals surface area contributed by atoms with Crippen molar-refractivity contribution in [2.75, 3.05) is 0 Å². The minimum atomic E-state index is -0.525. The van der Waals surface area contributed by atoms with E-state index in [-0.39, 0.29) is 0 Å². The van der Waals surface area contributed by atoms with Crippen molar-refractivity contribution in [1.29, 1.82) is 0 Å². The summed E-state index contributed by atoms with van der Waals surface area (Å²) >= 11 is 0. The maximum absolute atomic E-state index is 12.3. The van der Waals surface area contributed by atoms with Crippen molar-refractivity contribution in [2.45, 2.75) is 150 Å². The van der Waals surface area contributed by atoms with Gasteiger partial charge in [-0.25, -0.2) is 0 Å². The lowest BCUT2D eigenvalue weighted by atomic mass is 9.73. The van der Waals surface area contributed by atoms with Crippen LogP contribution in [0.25, 0.3) is 0 Å². The zero-order valence-electron chi connectivity index (χ0n) is 20.1. The maximum Gasteiger partial charge on any atom is 0.309 e. The van der Waals surface area contributed by atoms with E-state index in [9.17, 15) is 9.90 Å². The second-order valence-electron chi connectivity index (χ2n) is 10.4. The average molecular weight is 397 g/mol. The first-order valence-corrected chi connectivity index (χ1v) is 12.5. The third kappa shape index (κ3) is 14.5. The molecule has 0 aliphatic rings. The summed E-state index contributed by atoms with van der Waals surface area (Å²) in [7, 11) is 0. The minimum absolute atomic E-state index is 0.352. The van der Waals surface area contributed by atoms with Gasteiger partial charge in [0.15, 0.2) is 0 Å². The van der Waals surface area contributed by atoms with Crippen LogP contribution in [-0.2, 0) is 4.79 Å². The van der Waals surface area contributed by atoms with Crippen LogP contribution in [-0.4, -0.2) is 11.1 Å². The average Bonchev–Trinajstić information content (AvgIpc) is 2.62. The summed E-state index contributed by atoms with van der Waals surface area (Å²) in [4.78, 5) is 12.3. The molecule has 2 nitrogen and oxygen atoms in total. The number of hydrogen-bond acceptors (Lipinski definition) is 1. The molecular formula is C26H52O2. The molecule has 1 atom stereocenters. The molecule has 0 saturated carbocycles. The highest BCUT2D eigenvalue weighted by atomic mass is 16.4. The highest BCUT2D eigenvalue weighted by Gasteiger charge is 2.36. The number of aliphatic carboxylic acids is 1. The largest absolute Gasteiger partial charge is 0.481 e. The Morgan fingerprint density at radius 2 is 0.893 bits per heavy atom. The van der Waals surface area contributed by atoms with Crippen LogP contribution in [0.2, 0.25) is 0 Å². The van der Waals surface area contributed by atoms with E-state index in [1.54, 1.807) is 0 Å². The molecule has 2 heteroatoms. The molecule has 0 aromatic rings. The summed E-state index contributed by atoms with van der Waals surface area (Å²) in [6, 6.07) is 0. The lowest BCUT2D eigenvalue weighted by molar-refractivity contribution is -0.150. The predicted octanol–water partition coefficient (Wildman–Crippen LogP) is 9.17. The number of unbranched alkanes of at least 4 members (excludes halogenated alkanes) is 11. The molecule has 1 N–H and O–H groups in total. The van der Waals surface area contributed by atoms with Gasteiger partial charge in [0, 0.05) is 0 Å². The SMILES string of the molecule is CCCCCCCCCCC(CCCCCC)(CCCCC(C)(C)C)C(=O)O. The van der Waals surface area contributed by atoms with Gasteiger partial charge in [-0.05, 0) is 31.1 Å². The van der Waals surface area contributed by atoms with E-state index in [2.05, 4.69) is 34.6 Å². The first-order chi connectivity index (χ1) is 13.3. The second kappa shape index (κ2) is 16.3. The Hall–Kier alpha value is -0.530. The molecular weight excluding hydrogens is 344 g/mol. The smallest absolute Gasteiger partial charge is 0.309 e. The molecule has 0 amide bonds. The minimum Gasteiger partial charge on any atom is -0.481 e. The summed E-state index contributed by atoms with van der Waals surface area (Å²) < 4.78 is 0. The third-order valence-electron chi connectivity index (χ3n) is 6.30. The first kappa shape index (κ1) is 27.5. The quantitative estimate of drug-likeness (QED) is 0.221. The predicted molar refractivity (Wildman–Crippen MR) is 124 cm³/mol. The molecule has 1 unspecified atom stereocenters. The van der Waals surface area contributed by atoms with Crippen LogP contribution in [0.4, 0.5) is 0 Å². The summed E-state index contributed by atoms with van der Waals surface area (Å²) in [6.07, 6.45) is 21.0. The van der Waals surface area contributed by atoms with Crippen molar-refractivity contribution < 1.29 is 9.90 Å². The van der Waals surface area contributed by atoms with Gasteiger partial charge in [-0.1, -0.05) is 125 Å². The van der Waals surface area contributed by atoms with Crippen LogP contribution in [0.15, 0.2) is 0 Å². The monoisotopic (exact) mass is 396 g/mol. The van der Waals surface area contributed by atoms with Crippen LogP contribution in [0, 0.1) is 10.8 Å². The number of carbonyl (C=O) groups is 1. The Kier molecular flexibility index (Phi) is 16.0. The Bertz CT molecular complexity index is 369. The highest BCUT2D eigenvalue weighted by molar-refractivity contribution is 5.74. The fourth-order valence-electron chi connectivity index (χ4n) is 4.30. The van der Waals surface area contributed by atoms with Gasteiger partial charge in [0.1, 0.15) is 0 Å². The van der Waals surface area contributed by atoms with E-state index in [0.717, 1.165) is 44.9 Å². The number of carboxylic acids is 1. The van der Waals surface area contributed by atoms with Gasteiger partial charge >= 0.3 is 5.97 Å². The van der Waals surface area contributed by atoms with Gasteiger partial charge < -0.3 is 5.11 Å². The third-order valence-corrected chi connectivity index (χ3v) is 6.30. The Labute approximate surface area is 177 Å². The van der Waals surface area contributed by atoms with Crippen LogP contribution < -0.4 is 0 Å². The van der Waals surface area contributed by atoms with E-state index in [1.807, 2.05) is 0 Å². The summed E-state index contributed by atoms with van der Waals surface area (Å²) in [5.74, 6) is -0.525. The zero-order valence-corrected chi connectivity index (χ0v) is 20.1. The maximum atomic E-state index is 12.3. The van der Waals surface area contributed by atoms with Gasteiger partial charge in [-0.15, -0.1) is 0 Å². The molecule has 0 rings (SSSR count). The molecule has 0 radical (unpaired) electrons. The van der Waals surface area contributed by atoms with Crippen LogP contribution in [0.3, 0.4) is 0 Å². The van der Waals surface area contributed by atoms with Crippen LogP contribution in [0.5, 0.6) is 0 Å². The van der Waals surface area contributed by atoms with Gasteiger partial charge in [0.05, 0.1) is 5.41 Å². The first-order valence-electron chi connectivity index (χ1n) is 12.5. The van der Waals surface area contributed by atoms with E-state index < -0.39 is 11.4 Å². The van der Waals surface area contributed by atoms with Crippen molar-refractivity contribution in [3.8, 4) is 0 Å². The van der Waals surface area contributed by atoms with E-state index in [4.69, 9.17) is 0 Å². The Balaban J connectivity index is 4.50. The van der Waals surface area contributed by atoms with E-state index in [1.165, 1.54) is 70.6 Å². The number of carboxylic acid groups (broad SMARTS) is 1. The lowest BCUT2D eigenvalue weighted by Gasteiger charge is -2.30. The fourth-order valence-corrected chi connectivity index (χ4v) is 4.30. The van der Waals surface area contributed by atoms with Crippen LogP contribution in [0.1, 0.15) is 150 Å². The molecule has 0 spiro atoms. The van der Waals surface area contributed by atoms with Crippen molar-refractivity contribution >= 4 is 5.97 Å². The molecule has 28 heavy (non-hydrogen) atoms. The number of hydrogen-bond donors (Lipinski definition) is 1. The van der Waals surface area contributed by atoms with Gasteiger partial charge in [0.2, 0.25) is 0 Å². The summed E-state index contributed by atoms with van der Waals surface area (Å²) in [5.41, 5.74) is -0.112. The lowest BCUT2D eigenvalue weighted by Crippen LogP contribution is -2.31. The topological polar surface area (TPSA) is 37.3 Å². The molecule has 0 aliphatic carbocycles. The number of rotatable bonds is 19. The highest BCUT2D eigenvalue weighted by Crippen LogP contribution is 2.38. The van der Waals surface area contributed by atoms with Gasteiger partial charge in [-0.3, -0.25) is 4.79 Å². The molecule has 0 bridgehead atoms. The van der Waals surface area contributed by atoms with E-state index in [0.29, 0.717) is 5.41 Å². The molecule has 168 valence electrons. The molecule has 0 saturated heterocycles. The zero-order chi connectivity index (χ0) is 21.3. The van der Waals surface area contributed by atoms with Gasteiger partial charge in [-0.2, -0.15) is 0 Å². The van der Waals surface area contributed by atoms with Crippen molar-refractivity contribution in [3.63, 3.8) is 0 Å². The Morgan fingerprint density at radius 3 is 1.29 bits per heavy atom. The molecule has 0 aromatic carbocycles. The second-order valence-corrected chi connectivity index (χ2v) is 10.4.